The second-order valence-corrected chi connectivity index (χ2v) is 10.1. The molecule has 0 radical (unpaired) electrons. The Hall–Kier alpha value is -1.23. The summed E-state index contributed by atoms with van der Waals surface area (Å²) in [6.45, 7) is 3.08. The minimum Gasteiger partial charge on any atom is -0.258 e. The molecule has 0 amide bonds. The SMILES string of the molecule is CCN([C@H]1CCS(=O)(=O)C1)S(=O)(=O)c1cc(Cl)c(C)c([N+](=O)[O-])c1. The predicted molar refractivity (Wildman–Crippen MR) is 89.5 cm³/mol. The molecular formula is C13H17ClN2O6S2. The van der Waals surface area contributed by atoms with Crippen LogP contribution in [-0.4, -0.2) is 50.2 Å². The van der Waals surface area contributed by atoms with Crippen molar-refractivity contribution >= 4 is 37.1 Å². The van der Waals surface area contributed by atoms with Crippen LogP contribution in [0.4, 0.5) is 5.69 Å². The summed E-state index contributed by atoms with van der Waals surface area (Å²) in [6, 6.07) is 1.44. The average Bonchev–Trinajstić information content (AvgIpc) is 2.81. The summed E-state index contributed by atoms with van der Waals surface area (Å²) in [5.74, 6) is -0.319. The summed E-state index contributed by atoms with van der Waals surface area (Å²) in [6.07, 6.45) is 0.205. The summed E-state index contributed by atoms with van der Waals surface area (Å²) in [7, 11) is -7.37. The molecule has 24 heavy (non-hydrogen) atoms. The summed E-state index contributed by atoms with van der Waals surface area (Å²) >= 11 is 5.94. The highest BCUT2D eigenvalue weighted by Gasteiger charge is 2.38. The first-order valence-electron chi connectivity index (χ1n) is 7.16. The van der Waals surface area contributed by atoms with E-state index in [4.69, 9.17) is 11.6 Å². The third-order valence-electron chi connectivity index (χ3n) is 4.02. The number of hydrogen-bond donors (Lipinski definition) is 0. The lowest BCUT2D eigenvalue weighted by Gasteiger charge is -2.26. The average molecular weight is 397 g/mol. The highest BCUT2D eigenvalue weighted by atomic mass is 35.5. The number of nitro benzene ring substituents is 1. The van der Waals surface area contributed by atoms with Gasteiger partial charge in [-0.2, -0.15) is 4.31 Å². The van der Waals surface area contributed by atoms with Crippen LogP contribution in [0.2, 0.25) is 5.02 Å². The van der Waals surface area contributed by atoms with Crippen molar-refractivity contribution in [2.45, 2.75) is 31.2 Å². The lowest BCUT2D eigenvalue weighted by Crippen LogP contribution is -2.40. The van der Waals surface area contributed by atoms with E-state index < -0.39 is 36.5 Å². The number of sulfonamides is 1. The highest BCUT2D eigenvalue weighted by Crippen LogP contribution is 2.32. The van der Waals surface area contributed by atoms with Gasteiger partial charge in [-0.05, 0) is 19.4 Å². The van der Waals surface area contributed by atoms with Crippen molar-refractivity contribution in [3.63, 3.8) is 0 Å². The van der Waals surface area contributed by atoms with Crippen molar-refractivity contribution in [1.29, 1.82) is 0 Å². The molecular weight excluding hydrogens is 380 g/mol. The van der Waals surface area contributed by atoms with E-state index in [1.54, 1.807) is 6.92 Å². The molecule has 1 fully saturated rings. The van der Waals surface area contributed by atoms with Crippen LogP contribution in [0.25, 0.3) is 0 Å². The third-order valence-corrected chi connectivity index (χ3v) is 8.17. The monoisotopic (exact) mass is 396 g/mol. The summed E-state index contributed by atoms with van der Waals surface area (Å²) in [5, 5.41) is 11.1. The molecule has 1 aromatic carbocycles. The minimum atomic E-state index is -4.10. The summed E-state index contributed by atoms with van der Waals surface area (Å²) in [4.78, 5) is 10.1. The second-order valence-electron chi connectivity index (χ2n) is 5.57. The fourth-order valence-electron chi connectivity index (χ4n) is 2.74. The lowest BCUT2D eigenvalue weighted by atomic mass is 10.2. The van der Waals surface area contributed by atoms with Gasteiger partial charge < -0.3 is 0 Å². The van der Waals surface area contributed by atoms with E-state index in [0.29, 0.717) is 0 Å². The molecule has 1 aliphatic heterocycles. The molecule has 8 nitrogen and oxygen atoms in total. The van der Waals surface area contributed by atoms with E-state index in [2.05, 4.69) is 0 Å². The molecule has 0 saturated carbocycles. The third kappa shape index (κ3) is 3.56. The Labute approximate surface area is 145 Å². The second kappa shape index (κ2) is 6.58. The van der Waals surface area contributed by atoms with Crippen molar-refractivity contribution in [1.82, 2.24) is 4.31 Å². The largest absolute Gasteiger partial charge is 0.275 e. The molecule has 134 valence electrons. The van der Waals surface area contributed by atoms with E-state index in [-0.39, 0.29) is 40.0 Å². The molecule has 0 aromatic heterocycles. The Morgan fingerprint density at radius 1 is 1.42 bits per heavy atom. The van der Waals surface area contributed by atoms with Crippen molar-refractivity contribution in [3.05, 3.63) is 32.8 Å². The zero-order chi connectivity index (χ0) is 18.3. The molecule has 0 spiro atoms. The van der Waals surface area contributed by atoms with Gasteiger partial charge in [-0.1, -0.05) is 18.5 Å². The Morgan fingerprint density at radius 3 is 2.50 bits per heavy atom. The first-order chi connectivity index (χ1) is 11.0. The van der Waals surface area contributed by atoms with Crippen LogP contribution in [0.5, 0.6) is 0 Å². The number of halogens is 1. The van der Waals surface area contributed by atoms with Gasteiger partial charge in [0.1, 0.15) is 0 Å². The fraction of sp³-hybridized carbons (Fsp3) is 0.538. The maximum Gasteiger partial charge on any atom is 0.275 e. The van der Waals surface area contributed by atoms with Crippen LogP contribution in [0.1, 0.15) is 18.9 Å². The molecule has 0 N–H and O–H groups in total. The molecule has 11 heteroatoms. The van der Waals surface area contributed by atoms with Crippen LogP contribution in [-0.2, 0) is 19.9 Å². The summed E-state index contributed by atoms with van der Waals surface area (Å²) in [5.41, 5.74) is -0.219. The molecule has 1 saturated heterocycles. The van der Waals surface area contributed by atoms with Gasteiger partial charge in [-0.25, -0.2) is 16.8 Å². The maximum absolute atomic E-state index is 12.8. The Bertz CT molecular complexity index is 882. The molecule has 2 rings (SSSR count). The fourth-order valence-corrected chi connectivity index (χ4v) is 6.56. The molecule has 1 aromatic rings. The zero-order valence-corrected chi connectivity index (χ0v) is 15.5. The van der Waals surface area contributed by atoms with Crippen LogP contribution >= 0.6 is 11.6 Å². The number of hydrogen-bond acceptors (Lipinski definition) is 6. The van der Waals surface area contributed by atoms with Gasteiger partial charge in [-0.15, -0.1) is 0 Å². The first kappa shape index (κ1) is 19.1. The number of rotatable bonds is 5. The Balaban J connectivity index is 2.51. The van der Waals surface area contributed by atoms with Crippen molar-refractivity contribution in [2.24, 2.45) is 0 Å². The minimum absolute atomic E-state index is 0.0297. The molecule has 0 unspecified atom stereocenters. The zero-order valence-electron chi connectivity index (χ0n) is 13.1. The van der Waals surface area contributed by atoms with Crippen LogP contribution < -0.4 is 0 Å². The topological polar surface area (TPSA) is 115 Å². The first-order valence-corrected chi connectivity index (χ1v) is 10.8. The predicted octanol–water partition coefficient (Wildman–Crippen LogP) is 1.75. The van der Waals surface area contributed by atoms with Gasteiger partial charge in [0.2, 0.25) is 10.0 Å². The normalized spacial score (nSPS) is 20.4. The van der Waals surface area contributed by atoms with E-state index in [1.165, 1.54) is 6.92 Å². The Kier molecular flexibility index (Phi) is 5.24. The molecule has 0 bridgehead atoms. The van der Waals surface area contributed by atoms with E-state index in [0.717, 1.165) is 16.4 Å². The van der Waals surface area contributed by atoms with Gasteiger partial charge in [0.05, 0.1) is 26.3 Å². The molecule has 0 aliphatic carbocycles. The maximum atomic E-state index is 12.8. The number of nitro groups is 1. The van der Waals surface area contributed by atoms with E-state index >= 15 is 0 Å². The van der Waals surface area contributed by atoms with Crippen molar-refractivity contribution in [3.8, 4) is 0 Å². The van der Waals surface area contributed by atoms with Gasteiger partial charge in [0, 0.05) is 24.2 Å². The number of sulfone groups is 1. The smallest absolute Gasteiger partial charge is 0.258 e. The van der Waals surface area contributed by atoms with Gasteiger partial charge in [-0.3, -0.25) is 10.1 Å². The van der Waals surface area contributed by atoms with Crippen molar-refractivity contribution < 1.29 is 21.8 Å². The summed E-state index contributed by atoms with van der Waals surface area (Å²) < 4.78 is 50.0. The highest BCUT2D eigenvalue weighted by molar-refractivity contribution is 7.92. The number of nitrogens with zero attached hydrogens (tertiary/aromatic N) is 2. The van der Waals surface area contributed by atoms with Gasteiger partial charge in [0.15, 0.2) is 9.84 Å². The molecule has 1 heterocycles. The number of benzene rings is 1. The molecule has 1 aliphatic rings. The quantitative estimate of drug-likeness (QED) is 0.553. The van der Waals surface area contributed by atoms with Crippen LogP contribution in [0, 0.1) is 17.0 Å². The van der Waals surface area contributed by atoms with E-state index in [1.807, 2.05) is 0 Å². The molecule has 1 atom stereocenters. The van der Waals surface area contributed by atoms with Crippen LogP contribution in [0.3, 0.4) is 0 Å². The van der Waals surface area contributed by atoms with Gasteiger partial charge >= 0.3 is 0 Å². The van der Waals surface area contributed by atoms with Crippen LogP contribution in [0.15, 0.2) is 17.0 Å². The van der Waals surface area contributed by atoms with Crippen molar-refractivity contribution in [2.75, 3.05) is 18.1 Å². The Morgan fingerprint density at radius 2 is 2.04 bits per heavy atom. The lowest BCUT2D eigenvalue weighted by molar-refractivity contribution is -0.385. The standard InChI is InChI=1S/C13H17ClN2O6S2/c1-3-15(10-4-5-23(19,20)8-10)24(21,22)11-6-12(14)9(2)13(7-11)16(17)18/h6-7,10H,3-5,8H2,1-2H3/t10-/m0/s1. The van der Waals surface area contributed by atoms with E-state index in [9.17, 15) is 26.9 Å². The van der Waals surface area contributed by atoms with Gasteiger partial charge in [0.25, 0.3) is 5.69 Å².